The van der Waals surface area contributed by atoms with Crippen molar-refractivity contribution in [2.24, 2.45) is 0 Å². The molecular formula is C4H2F3NO. The molecule has 0 aromatic carbocycles. The van der Waals surface area contributed by atoms with Crippen molar-refractivity contribution in [3.8, 4) is 0 Å². The Morgan fingerprint density at radius 3 is 2.44 bits per heavy atom. The van der Waals surface area contributed by atoms with Crippen LogP contribution in [0.3, 0.4) is 0 Å². The van der Waals surface area contributed by atoms with Crippen LogP contribution in [0.2, 0.25) is 0 Å². The van der Waals surface area contributed by atoms with Crippen LogP contribution in [0.15, 0.2) is 23.9 Å². The monoisotopic (exact) mass is 137 g/mol. The lowest BCUT2D eigenvalue weighted by molar-refractivity contribution is 0.117. The standard InChI is InChI=1S/C4H2F3NO/c5-2-1-9-8-4(7)3(2)6/h1,8H. The van der Waals surface area contributed by atoms with E-state index in [9.17, 15) is 13.2 Å². The maximum Gasteiger partial charge on any atom is 0.259 e. The van der Waals surface area contributed by atoms with Gasteiger partial charge in [-0.25, -0.2) is 4.39 Å². The molecule has 0 fully saturated rings. The van der Waals surface area contributed by atoms with Crippen molar-refractivity contribution in [3.63, 3.8) is 0 Å². The van der Waals surface area contributed by atoms with Crippen molar-refractivity contribution in [2.45, 2.75) is 0 Å². The summed E-state index contributed by atoms with van der Waals surface area (Å²) in [4.78, 5) is 3.90. The van der Waals surface area contributed by atoms with Crippen molar-refractivity contribution in [1.82, 2.24) is 5.48 Å². The smallest absolute Gasteiger partial charge is 0.259 e. The molecule has 0 saturated carbocycles. The summed E-state index contributed by atoms with van der Waals surface area (Å²) in [6, 6.07) is 0. The van der Waals surface area contributed by atoms with Crippen LogP contribution in [0.5, 0.6) is 0 Å². The largest absolute Gasteiger partial charge is 0.385 e. The maximum atomic E-state index is 11.9. The molecule has 0 radical (unpaired) electrons. The first-order valence-corrected chi connectivity index (χ1v) is 2.05. The second-order valence-electron chi connectivity index (χ2n) is 1.31. The van der Waals surface area contributed by atoms with Gasteiger partial charge in [0.25, 0.3) is 5.95 Å². The van der Waals surface area contributed by atoms with Crippen molar-refractivity contribution < 1.29 is 18.0 Å². The van der Waals surface area contributed by atoms with E-state index in [0.717, 1.165) is 0 Å². The summed E-state index contributed by atoms with van der Waals surface area (Å²) in [5, 5.41) is 0. The van der Waals surface area contributed by atoms with Crippen molar-refractivity contribution in [2.75, 3.05) is 0 Å². The molecule has 0 aromatic heterocycles. The first kappa shape index (κ1) is 6.00. The second kappa shape index (κ2) is 2.00. The van der Waals surface area contributed by atoms with Crippen LogP contribution >= 0.6 is 0 Å². The molecule has 0 bridgehead atoms. The maximum absolute atomic E-state index is 11.9. The molecule has 50 valence electrons. The second-order valence-corrected chi connectivity index (χ2v) is 1.31. The molecule has 5 heteroatoms. The Hall–Kier alpha value is -1.13. The quantitative estimate of drug-likeness (QED) is 0.510. The summed E-state index contributed by atoms with van der Waals surface area (Å²) >= 11 is 0. The van der Waals surface area contributed by atoms with E-state index in [1.807, 2.05) is 0 Å². The Morgan fingerprint density at radius 2 is 2.00 bits per heavy atom. The number of hydrogen-bond acceptors (Lipinski definition) is 2. The first-order chi connectivity index (χ1) is 4.22. The number of halogens is 3. The third-order valence-corrected chi connectivity index (χ3v) is 0.713. The van der Waals surface area contributed by atoms with E-state index in [1.54, 1.807) is 0 Å². The molecule has 0 atom stereocenters. The highest BCUT2D eigenvalue weighted by atomic mass is 19.2. The summed E-state index contributed by atoms with van der Waals surface area (Å²) in [6.45, 7) is 0. The van der Waals surface area contributed by atoms with Crippen molar-refractivity contribution >= 4 is 0 Å². The summed E-state index contributed by atoms with van der Waals surface area (Å²) < 4.78 is 35.6. The molecule has 9 heavy (non-hydrogen) atoms. The van der Waals surface area contributed by atoms with Gasteiger partial charge in [0.05, 0.1) is 0 Å². The highest BCUT2D eigenvalue weighted by molar-refractivity contribution is 5.20. The van der Waals surface area contributed by atoms with Gasteiger partial charge in [0.15, 0.2) is 6.26 Å². The van der Waals surface area contributed by atoms with E-state index in [1.165, 1.54) is 5.48 Å². The Kier molecular flexibility index (Phi) is 1.33. The van der Waals surface area contributed by atoms with E-state index in [2.05, 4.69) is 4.84 Å². The molecule has 2 nitrogen and oxygen atoms in total. The Balaban J connectivity index is 2.88. The van der Waals surface area contributed by atoms with Crippen LogP contribution in [-0.4, -0.2) is 0 Å². The Bertz CT molecular complexity index is 186. The van der Waals surface area contributed by atoms with Crippen LogP contribution < -0.4 is 5.48 Å². The van der Waals surface area contributed by atoms with Gasteiger partial charge in [-0.3, -0.25) is 0 Å². The van der Waals surface area contributed by atoms with Gasteiger partial charge in [-0.2, -0.15) is 14.3 Å². The molecule has 0 unspecified atom stereocenters. The SMILES string of the molecule is FC1=CONC(F)=C1F. The van der Waals surface area contributed by atoms with Gasteiger partial charge in [0.2, 0.25) is 11.7 Å². The predicted octanol–water partition coefficient (Wildman–Crippen LogP) is 1.44. The number of rotatable bonds is 0. The van der Waals surface area contributed by atoms with Crippen LogP contribution in [-0.2, 0) is 4.84 Å². The fraction of sp³-hybridized carbons (Fsp3) is 0. The molecule has 0 amide bonds. The van der Waals surface area contributed by atoms with Gasteiger partial charge in [-0.1, -0.05) is 0 Å². The number of allylic oxidation sites excluding steroid dienone is 2. The summed E-state index contributed by atoms with van der Waals surface area (Å²) in [5.74, 6) is -4.37. The molecule has 1 aliphatic heterocycles. The van der Waals surface area contributed by atoms with Crippen LogP contribution in [0.4, 0.5) is 13.2 Å². The van der Waals surface area contributed by atoms with Gasteiger partial charge >= 0.3 is 0 Å². The number of nitrogens with one attached hydrogen (secondary N) is 1. The third-order valence-electron chi connectivity index (χ3n) is 0.713. The van der Waals surface area contributed by atoms with E-state index in [-0.39, 0.29) is 0 Å². The fourth-order valence-electron chi connectivity index (χ4n) is 0.334. The minimum atomic E-state index is -1.57. The lowest BCUT2D eigenvalue weighted by Crippen LogP contribution is -2.12. The lowest BCUT2D eigenvalue weighted by Gasteiger charge is -2.06. The predicted molar refractivity (Wildman–Crippen MR) is 22.7 cm³/mol. The van der Waals surface area contributed by atoms with Gasteiger partial charge in [0.1, 0.15) is 0 Å². The van der Waals surface area contributed by atoms with Gasteiger partial charge in [0, 0.05) is 0 Å². The van der Waals surface area contributed by atoms with Crippen LogP contribution in [0.25, 0.3) is 0 Å². The highest BCUT2D eigenvalue weighted by Crippen LogP contribution is 2.19. The van der Waals surface area contributed by atoms with E-state index in [0.29, 0.717) is 6.26 Å². The minimum Gasteiger partial charge on any atom is -0.385 e. The molecule has 1 aliphatic rings. The minimum absolute atomic E-state index is 0.429. The average Bonchev–Trinajstić information content (AvgIpc) is 1.83. The molecule has 0 aromatic rings. The molecular weight excluding hydrogens is 135 g/mol. The average molecular weight is 137 g/mol. The normalized spacial score (nSPS) is 18.3. The van der Waals surface area contributed by atoms with Gasteiger partial charge in [-0.05, 0) is 0 Å². The summed E-state index contributed by atoms with van der Waals surface area (Å²) in [5.41, 5.74) is 1.48. The first-order valence-electron chi connectivity index (χ1n) is 2.05. The lowest BCUT2D eigenvalue weighted by atomic mass is 10.5. The molecule has 0 spiro atoms. The zero-order chi connectivity index (χ0) is 6.85. The zero-order valence-corrected chi connectivity index (χ0v) is 4.12. The van der Waals surface area contributed by atoms with Crippen molar-refractivity contribution in [3.05, 3.63) is 23.9 Å². The molecule has 1 rings (SSSR count). The van der Waals surface area contributed by atoms with E-state index >= 15 is 0 Å². The fourth-order valence-corrected chi connectivity index (χ4v) is 0.334. The Morgan fingerprint density at radius 1 is 1.33 bits per heavy atom. The number of hydroxylamine groups is 1. The Labute approximate surface area is 48.6 Å². The highest BCUT2D eigenvalue weighted by Gasteiger charge is 2.16. The molecule has 1 heterocycles. The van der Waals surface area contributed by atoms with Crippen LogP contribution in [0, 0.1) is 0 Å². The van der Waals surface area contributed by atoms with Gasteiger partial charge < -0.3 is 4.84 Å². The topological polar surface area (TPSA) is 21.3 Å². The summed E-state index contributed by atoms with van der Waals surface area (Å²) in [7, 11) is 0. The molecule has 0 aliphatic carbocycles. The van der Waals surface area contributed by atoms with E-state index < -0.39 is 17.6 Å². The molecule has 0 saturated heterocycles. The van der Waals surface area contributed by atoms with Crippen molar-refractivity contribution in [1.29, 1.82) is 0 Å². The zero-order valence-electron chi connectivity index (χ0n) is 4.12. The number of hydrogen-bond donors (Lipinski definition) is 1. The van der Waals surface area contributed by atoms with Crippen LogP contribution in [0.1, 0.15) is 0 Å². The van der Waals surface area contributed by atoms with Gasteiger partial charge in [-0.15, -0.1) is 0 Å². The third kappa shape index (κ3) is 0.984. The summed E-state index contributed by atoms with van der Waals surface area (Å²) in [6.07, 6.45) is 0.429. The molecule has 1 N–H and O–H groups in total. The van der Waals surface area contributed by atoms with E-state index in [4.69, 9.17) is 0 Å².